The summed E-state index contributed by atoms with van der Waals surface area (Å²) in [4.78, 5) is 26.3. The first-order valence-electron chi connectivity index (χ1n) is 10.6. The zero-order chi connectivity index (χ0) is 19.3. The van der Waals surface area contributed by atoms with E-state index in [1.54, 1.807) is 29.4 Å². The molecule has 0 aliphatic carbocycles. The summed E-state index contributed by atoms with van der Waals surface area (Å²) in [6.07, 6.45) is 11.5. The van der Waals surface area contributed by atoms with E-state index < -0.39 is 0 Å². The Labute approximate surface area is 167 Å². The van der Waals surface area contributed by atoms with Crippen molar-refractivity contribution >= 4 is 0 Å². The molecule has 2 saturated heterocycles. The Bertz CT molecular complexity index is 813. The SMILES string of the molecule is CN1CCCCC1CN1CCC(Cn2cnc(-c3cccnc3)cc2=O)CC1. The Kier molecular flexibility index (Phi) is 6.17. The van der Waals surface area contributed by atoms with E-state index >= 15 is 0 Å². The van der Waals surface area contributed by atoms with Crippen LogP contribution in [0.15, 0.2) is 41.7 Å². The van der Waals surface area contributed by atoms with Crippen molar-refractivity contribution in [2.45, 2.75) is 44.7 Å². The molecule has 2 fully saturated rings. The molecule has 0 spiro atoms. The fourth-order valence-electron chi connectivity index (χ4n) is 4.54. The lowest BCUT2D eigenvalue weighted by molar-refractivity contribution is 0.100. The molecule has 28 heavy (non-hydrogen) atoms. The highest BCUT2D eigenvalue weighted by Gasteiger charge is 2.25. The van der Waals surface area contributed by atoms with Crippen molar-refractivity contribution in [1.82, 2.24) is 24.3 Å². The Morgan fingerprint density at radius 3 is 2.68 bits per heavy atom. The molecule has 1 atom stereocenters. The normalized spacial score (nSPS) is 22.4. The van der Waals surface area contributed by atoms with Crippen LogP contribution in [-0.2, 0) is 6.54 Å². The lowest BCUT2D eigenvalue weighted by atomic mass is 9.95. The van der Waals surface area contributed by atoms with Gasteiger partial charge in [-0.1, -0.05) is 6.42 Å². The number of rotatable bonds is 5. The zero-order valence-electron chi connectivity index (χ0n) is 16.8. The Morgan fingerprint density at radius 1 is 1.11 bits per heavy atom. The van der Waals surface area contributed by atoms with Crippen molar-refractivity contribution in [2.24, 2.45) is 5.92 Å². The quantitative estimate of drug-likeness (QED) is 0.797. The first kappa shape index (κ1) is 19.3. The molecule has 0 aromatic carbocycles. The lowest BCUT2D eigenvalue weighted by Crippen LogP contribution is -2.47. The third-order valence-corrected chi connectivity index (χ3v) is 6.39. The number of hydrogen-bond donors (Lipinski definition) is 0. The molecule has 0 saturated carbocycles. The molecule has 4 heterocycles. The molecule has 1 unspecified atom stereocenters. The van der Waals surface area contributed by atoms with E-state index in [0.717, 1.165) is 44.1 Å². The molecule has 0 amide bonds. The number of aromatic nitrogens is 3. The smallest absolute Gasteiger partial charge is 0.253 e. The molecule has 0 N–H and O–H groups in total. The highest BCUT2D eigenvalue weighted by molar-refractivity contribution is 5.56. The van der Waals surface area contributed by atoms with Crippen molar-refractivity contribution in [3.63, 3.8) is 0 Å². The van der Waals surface area contributed by atoms with Crippen molar-refractivity contribution in [3.8, 4) is 11.3 Å². The first-order chi connectivity index (χ1) is 13.7. The summed E-state index contributed by atoms with van der Waals surface area (Å²) in [5, 5.41) is 0. The molecule has 2 aromatic heterocycles. The van der Waals surface area contributed by atoms with Crippen molar-refractivity contribution < 1.29 is 0 Å². The van der Waals surface area contributed by atoms with Gasteiger partial charge in [-0.2, -0.15) is 0 Å². The minimum Gasteiger partial charge on any atom is -0.302 e. The number of likely N-dealkylation sites (tertiary alicyclic amines) is 2. The van der Waals surface area contributed by atoms with Crippen LogP contribution in [0.4, 0.5) is 0 Å². The summed E-state index contributed by atoms with van der Waals surface area (Å²) in [5.41, 5.74) is 1.61. The predicted molar refractivity (Wildman–Crippen MR) is 111 cm³/mol. The lowest BCUT2D eigenvalue weighted by Gasteiger charge is -2.39. The molecule has 4 rings (SSSR count). The minimum absolute atomic E-state index is 0.0279. The summed E-state index contributed by atoms with van der Waals surface area (Å²) in [7, 11) is 2.27. The molecule has 0 bridgehead atoms. The summed E-state index contributed by atoms with van der Waals surface area (Å²) in [6.45, 7) is 5.50. The van der Waals surface area contributed by atoms with Crippen LogP contribution in [0.2, 0.25) is 0 Å². The van der Waals surface area contributed by atoms with E-state index in [9.17, 15) is 4.79 Å². The van der Waals surface area contributed by atoms with E-state index in [-0.39, 0.29) is 5.56 Å². The first-order valence-corrected chi connectivity index (χ1v) is 10.6. The predicted octanol–water partition coefficient (Wildman–Crippen LogP) is 2.50. The van der Waals surface area contributed by atoms with Crippen molar-refractivity contribution in [2.75, 3.05) is 33.2 Å². The van der Waals surface area contributed by atoms with Crippen LogP contribution in [-0.4, -0.2) is 63.6 Å². The van der Waals surface area contributed by atoms with Gasteiger partial charge in [0.25, 0.3) is 5.56 Å². The monoisotopic (exact) mass is 381 g/mol. The summed E-state index contributed by atoms with van der Waals surface area (Å²) in [6, 6.07) is 6.14. The molecular formula is C22H31N5O. The molecule has 2 aromatic rings. The molecule has 150 valence electrons. The zero-order valence-corrected chi connectivity index (χ0v) is 16.8. The number of hydrogen-bond acceptors (Lipinski definition) is 5. The van der Waals surface area contributed by atoms with Crippen molar-refractivity contribution in [3.05, 3.63) is 47.3 Å². The third kappa shape index (κ3) is 4.67. The average Bonchev–Trinajstić information content (AvgIpc) is 2.73. The Hall–Kier alpha value is -2.05. The minimum atomic E-state index is 0.0279. The van der Waals surface area contributed by atoms with Gasteiger partial charge in [0.15, 0.2) is 0 Å². The van der Waals surface area contributed by atoms with Gasteiger partial charge in [-0.05, 0) is 70.4 Å². The largest absolute Gasteiger partial charge is 0.302 e. The second-order valence-electron chi connectivity index (χ2n) is 8.38. The highest BCUT2D eigenvalue weighted by atomic mass is 16.1. The van der Waals surface area contributed by atoms with Crippen LogP contribution in [0.5, 0.6) is 0 Å². The fraction of sp³-hybridized carbons (Fsp3) is 0.591. The van der Waals surface area contributed by atoms with Crippen LogP contribution < -0.4 is 5.56 Å². The van der Waals surface area contributed by atoms with E-state index in [2.05, 4.69) is 26.8 Å². The van der Waals surface area contributed by atoms with Gasteiger partial charge in [0.1, 0.15) is 0 Å². The van der Waals surface area contributed by atoms with Crippen LogP contribution in [0.25, 0.3) is 11.3 Å². The third-order valence-electron chi connectivity index (χ3n) is 6.39. The maximum Gasteiger partial charge on any atom is 0.253 e. The molecular weight excluding hydrogens is 350 g/mol. The maximum absolute atomic E-state index is 12.5. The van der Waals surface area contributed by atoms with Gasteiger partial charge in [0.2, 0.25) is 0 Å². The number of piperidine rings is 2. The van der Waals surface area contributed by atoms with Crippen LogP contribution in [0.1, 0.15) is 32.1 Å². The number of nitrogens with zero attached hydrogens (tertiary/aromatic N) is 5. The van der Waals surface area contributed by atoms with Crippen LogP contribution in [0.3, 0.4) is 0 Å². The van der Waals surface area contributed by atoms with Crippen LogP contribution >= 0.6 is 0 Å². The van der Waals surface area contributed by atoms with Crippen molar-refractivity contribution in [1.29, 1.82) is 0 Å². The summed E-state index contributed by atoms with van der Waals surface area (Å²) < 4.78 is 1.77. The van der Waals surface area contributed by atoms with Gasteiger partial charge in [0, 0.05) is 43.2 Å². The molecule has 6 heteroatoms. The van der Waals surface area contributed by atoms with Gasteiger partial charge in [-0.15, -0.1) is 0 Å². The second kappa shape index (κ2) is 8.97. The molecule has 0 radical (unpaired) electrons. The van der Waals surface area contributed by atoms with E-state index in [1.807, 2.05) is 12.1 Å². The Morgan fingerprint density at radius 2 is 1.96 bits per heavy atom. The van der Waals surface area contributed by atoms with Gasteiger partial charge >= 0.3 is 0 Å². The maximum atomic E-state index is 12.5. The molecule has 2 aliphatic rings. The highest BCUT2D eigenvalue weighted by Crippen LogP contribution is 2.22. The number of pyridine rings is 1. The van der Waals surface area contributed by atoms with Gasteiger partial charge in [-0.25, -0.2) is 4.98 Å². The Balaban J connectivity index is 1.30. The molecule has 6 nitrogen and oxygen atoms in total. The van der Waals surface area contributed by atoms with Gasteiger partial charge in [0.05, 0.1) is 12.0 Å². The van der Waals surface area contributed by atoms with E-state index in [4.69, 9.17) is 0 Å². The fourth-order valence-corrected chi connectivity index (χ4v) is 4.54. The van der Waals surface area contributed by atoms with Crippen LogP contribution in [0, 0.1) is 5.92 Å². The van der Waals surface area contributed by atoms with Gasteiger partial charge in [-0.3, -0.25) is 14.3 Å². The number of likely N-dealkylation sites (N-methyl/N-ethyl adjacent to an activating group) is 1. The molecule has 2 aliphatic heterocycles. The summed E-state index contributed by atoms with van der Waals surface area (Å²) >= 11 is 0. The van der Waals surface area contributed by atoms with E-state index in [1.165, 1.54) is 32.4 Å². The van der Waals surface area contributed by atoms with Gasteiger partial charge < -0.3 is 9.80 Å². The van der Waals surface area contributed by atoms with E-state index in [0.29, 0.717) is 11.6 Å². The average molecular weight is 382 g/mol. The second-order valence-corrected chi connectivity index (χ2v) is 8.38. The standard InChI is InChI=1S/C22H31N5O/c1-25-10-3-2-6-20(25)16-26-11-7-18(8-12-26)15-27-17-24-21(13-22(27)28)19-5-4-9-23-14-19/h4-5,9,13-14,17-18,20H,2-3,6-8,10-12,15-16H2,1H3. The topological polar surface area (TPSA) is 54.3 Å². The summed E-state index contributed by atoms with van der Waals surface area (Å²) in [5.74, 6) is 0.559.